The van der Waals surface area contributed by atoms with E-state index in [2.05, 4.69) is 41.7 Å². The lowest BCUT2D eigenvalue weighted by Crippen LogP contribution is -2.21. The van der Waals surface area contributed by atoms with Crippen LogP contribution in [0.4, 0.5) is 0 Å². The summed E-state index contributed by atoms with van der Waals surface area (Å²) in [6.07, 6.45) is 1.95. The highest BCUT2D eigenvalue weighted by Gasteiger charge is 2.43. The lowest BCUT2D eigenvalue weighted by atomic mass is 10.1. The maximum Gasteiger partial charge on any atom is 0.243 e. The van der Waals surface area contributed by atoms with Gasteiger partial charge in [-0.15, -0.1) is 11.3 Å². The first kappa shape index (κ1) is 15.0. The van der Waals surface area contributed by atoms with Gasteiger partial charge in [-0.1, -0.05) is 37.3 Å². The fraction of sp³-hybridized carbons (Fsp3) is 0.333. The third-order valence-electron chi connectivity index (χ3n) is 4.06. The summed E-state index contributed by atoms with van der Waals surface area (Å²) < 4.78 is 0. The predicted octanol–water partition coefficient (Wildman–Crippen LogP) is 3.95. The maximum atomic E-state index is 12.2. The van der Waals surface area contributed by atoms with E-state index in [1.54, 1.807) is 11.3 Å². The monoisotopic (exact) mass is 312 g/mol. The SMILES string of the molecule is CCc1ccc(/C(C)=N\NC(=O)[C@H]2C[C@H]2c2ccccc2)s1. The van der Waals surface area contributed by atoms with E-state index in [1.165, 1.54) is 10.4 Å². The van der Waals surface area contributed by atoms with Crippen LogP contribution in [0, 0.1) is 5.92 Å². The summed E-state index contributed by atoms with van der Waals surface area (Å²) in [5.74, 6) is 0.444. The quantitative estimate of drug-likeness (QED) is 0.659. The molecule has 3 rings (SSSR count). The molecule has 1 aromatic carbocycles. The summed E-state index contributed by atoms with van der Waals surface area (Å²) in [6.45, 7) is 4.08. The number of rotatable bonds is 5. The second-order valence-corrected chi connectivity index (χ2v) is 6.82. The first-order chi connectivity index (χ1) is 10.7. The van der Waals surface area contributed by atoms with Gasteiger partial charge >= 0.3 is 0 Å². The van der Waals surface area contributed by atoms with E-state index in [-0.39, 0.29) is 11.8 Å². The maximum absolute atomic E-state index is 12.2. The van der Waals surface area contributed by atoms with Crippen molar-refractivity contribution in [3.63, 3.8) is 0 Å². The third-order valence-corrected chi connectivity index (χ3v) is 5.39. The molecule has 2 aromatic rings. The van der Waals surface area contributed by atoms with Gasteiger partial charge in [0.05, 0.1) is 10.6 Å². The van der Waals surface area contributed by atoms with Gasteiger partial charge in [-0.05, 0) is 43.4 Å². The Morgan fingerprint density at radius 3 is 2.73 bits per heavy atom. The number of hydrogen-bond acceptors (Lipinski definition) is 3. The van der Waals surface area contributed by atoms with Crippen LogP contribution >= 0.6 is 11.3 Å². The number of amides is 1. The summed E-state index contributed by atoms with van der Waals surface area (Å²) in [7, 11) is 0. The van der Waals surface area contributed by atoms with Crippen molar-refractivity contribution in [2.45, 2.75) is 32.6 Å². The van der Waals surface area contributed by atoms with E-state index < -0.39 is 0 Å². The fourth-order valence-corrected chi connectivity index (χ4v) is 3.49. The van der Waals surface area contributed by atoms with Gasteiger partial charge in [-0.25, -0.2) is 5.43 Å². The molecule has 0 aliphatic heterocycles. The molecule has 1 saturated carbocycles. The van der Waals surface area contributed by atoms with Gasteiger partial charge in [0.15, 0.2) is 0 Å². The van der Waals surface area contributed by atoms with E-state index in [9.17, 15) is 4.79 Å². The van der Waals surface area contributed by atoms with Crippen LogP contribution in [-0.4, -0.2) is 11.6 Å². The highest BCUT2D eigenvalue weighted by molar-refractivity contribution is 7.14. The first-order valence-corrected chi connectivity index (χ1v) is 8.49. The van der Waals surface area contributed by atoms with Crippen molar-refractivity contribution < 1.29 is 4.79 Å². The molecule has 1 amide bonds. The zero-order valence-corrected chi connectivity index (χ0v) is 13.7. The number of nitrogens with zero attached hydrogens (tertiary/aromatic N) is 1. The molecule has 2 atom stereocenters. The molecule has 1 N–H and O–H groups in total. The van der Waals surface area contributed by atoms with Crippen LogP contribution in [0.1, 0.15) is 41.5 Å². The van der Waals surface area contributed by atoms with Crippen LogP contribution in [0.25, 0.3) is 0 Å². The number of benzene rings is 1. The molecule has 1 aliphatic carbocycles. The van der Waals surface area contributed by atoms with Crippen LogP contribution in [-0.2, 0) is 11.2 Å². The van der Waals surface area contributed by atoms with Gasteiger partial charge in [0.25, 0.3) is 0 Å². The Balaban J connectivity index is 1.58. The summed E-state index contributed by atoms with van der Waals surface area (Å²) >= 11 is 1.73. The van der Waals surface area contributed by atoms with Crippen molar-refractivity contribution >= 4 is 23.0 Å². The third kappa shape index (κ3) is 3.28. The van der Waals surface area contributed by atoms with Crippen LogP contribution < -0.4 is 5.43 Å². The van der Waals surface area contributed by atoms with Crippen molar-refractivity contribution in [1.82, 2.24) is 5.43 Å². The molecule has 0 spiro atoms. The molecule has 0 radical (unpaired) electrons. The minimum absolute atomic E-state index is 0.0282. The van der Waals surface area contributed by atoms with Crippen LogP contribution in [0.5, 0.6) is 0 Å². The Morgan fingerprint density at radius 2 is 2.05 bits per heavy atom. The van der Waals surface area contributed by atoms with E-state index >= 15 is 0 Å². The van der Waals surface area contributed by atoms with Gasteiger partial charge < -0.3 is 0 Å². The minimum Gasteiger partial charge on any atom is -0.273 e. The molecule has 4 heteroatoms. The zero-order valence-electron chi connectivity index (χ0n) is 12.9. The average Bonchev–Trinajstić information content (AvgIpc) is 3.22. The summed E-state index contributed by atoms with van der Waals surface area (Å²) in [5.41, 5.74) is 4.84. The molecule has 0 saturated heterocycles. The average molecular weight is 312 g/mol. The number of carbonyl (C=O) groups excluding carboxylic acids is 1. The zero-order chi connectivity index (χ0) is 15.5. The van der Waals surface area contributed by atoms with Crippen LogP contribution in [0.15, 0.2) is 47.6 Å². The molecule has 0 unspecified atom stereocenters. The topological polar surface area (TPSA) is 41.5 Å². The largest absolute Gasteiger partial charge is 0.273 e. The van der Waals surface area contributed by atoms with Crippen molar-refractivity contribution in [1.29, 1.82) is 0 Å². The number of thiophene rings is 1. The van der Waals surface area contributed by atoms with Crippen molar-refractivity contribution in [2.75, 3.05) is 0 Å². The molecule has 1 aliphatic rings. The van der Waals surface area contributed by atoms with E-state index in [4.69, 9.17) is 0 Å². The smallest absolute Gasteiger partial charge is 0.243 e. The fourth-order valence-electron chi connectivity index (χ4n) is 2.59. The molecule has 114 valence electrons. The molecular formula is C18H20N2OS. The summed E-state index contributed by atoms with van der Waals surface area (Å²) in [5, 5.41) is 4.26. The molecule has 1 heterocycles. The van der Waals surface area contributed by atoms with Gasteiger partial charge in [0.1, 0.15) is 0 Å². The highest BCUT2D eigenvalue weighted by atomic mass is 32.1. The van der Waals surface area contributed by atoms with E-state index in [0.717, 1.165) is 23.4 Å². The second-order valence-electron chi connectivity index (χ2n) is 5.65. The number of nitrogens with one attached hydrogen (secondary N) is 1. The Morgan fingerprint density at radius 1 is 1.27 bits per heavy atom. The number of aryl methyl sites for hydroxylation is 1. The Labute approximate surface area is 135 Å². The lowest BCUT2D eigenvalue weighted by molar-refractivity contribution is -0.122. The number of carbonyl (C=O) groups is 1. The Hall–Kier alpha value is -1.94. The summed E-state index contributed by atoms with van der Waals surface area (Å²) in [4.78, 5) is 14.6. The van der Waals surface area contributed by atoms with Gasteiger partial charge in [0.2, 0.25) is 5.91 Å². The van der Waals surface area contributed by atoms with Gasteiger partial charge in [0, 0.05) is 10.8 Å². The number of hydrazone groups is 1. The molecule has 1 aromatic heterocycles. The van der Waals surface area contributed by atoms with E-state index in [0.29, 0.717) is 5.92 Å². The standard InChI is InChI=1S/C18H20N2OS/c1-3-14-9-10-17(22-14)12(2)19-20-18(21)16-11-15(16)13-7-5-4-6-8-13/h4-10,15-16H,3,11H2,1-2H3,(H,20,21)/b19-12-/t15-,16-/m0/s1. The van der Waals surface area contributed by atoms with Crippen LogP contribution in [0.2, 0.25) is 0 Å². The van der Waals surface area contributed by atoms with Gasteiger partial charge in [-0.2, -0.15) is 5.10 Å². The lowest BCUT2D eigenvalue weighted by Gasteiger charge is -2.01. The molecule has 3 nitrogen and oxygen atoms in total. The van der Waals surface area contributed by atoms with E-state index in [1.807, 2.05) is 25.1 Å². The molecular weight excluding hydrogens is 292 g/mol. The predicted molar refractivity (Wildman–Crippen MR) is 91.3 cm³/mol. The highest BCUT2D eigenvalue weighted by Crippen LogP contribution is 2.47. The van der Waals surface area contributed by atoms with Crippen molar-refractivity contribution in [2.24, 2.45) is 11.0 Å². The Kier molecular flexibility index (Phi) is 4.39. The van der Waals surface area contributed by atoms with Crippen molar-refractivity contribution in [3.8, 4) is 0 Å². The van der Waals surface area contributed by atoms with Crippen molar-refractivity contribution in [3.05, 3.63) is 57.8 Å². The minimum atomic E-state index is 0.0282. The van der Waals surface area contributed by atoms with Gasteiger partial charge in [-0.3, -0.25) is 4.79 Å². The first-order valence-electron chi connectivity index (χ1n) is 7.67. The number of hydrogen-bond donors (Lipinski definition) is 1. The Bertz CT molecular complexity index is 690. The molecule has 22 heavy (non-hydrogen) atoms. The molecule has 0 bridgehead atoms. The normalized spacial score (nSPS) is 20.7. The second kappa shape index (κ2) is 6.44. The summed E-state index contributed by atoms with van der Waals surface area (Å²) in [6, 6.07) is 14.4. The molecule has 1 fully saturated rings. The van der Waals surface area contributed by atoms with Crippen LogP contribution in [0.3, 0.4) is 0 Å².